The van der Waals surface area contributed by atoms with E-state index >= 15 is 0 Å². The van der Waals surface area contributed by atoms with Crippen LogP contribution in [0.1, 0.15) is 10.4 Å². The van der Waals surface area contributed by atoms with E-state index in [2.05, 4.69) is 5.32 Å². The van der Waals surface area contributed by atoms with E-state index in [-0.39, 0.29) is 6.73 Å². The summed E-state index contributed by atoms with van der Waals surface area (Å²) in [5, 5.41) is 11.2. The van der Waals surface area contributed by atoms with Crippen molar-refractivity contribution in [1.29, 1.82) is 0 Å². The highest BCUT2D eigenvalue weighted by molar-refractivity contribution is 5.75. The Morgan fingerprint density at radius 1 is 1.36 bits per heavy atom. The fourth-order valence-corrected chi connectivity index (χ4v) is 0.771. The van der Waals surface area contributed by atoms with Gasteiger partial charge in [0.1, 0.15) is 13.0 Å². The number of hydrogen-bond acceptors (Lipinski definition) is 3. The van der Waals surface area contributed by atoms with Crippen LogP contribution < -0.4 is 5.32 Å². The van der Waals surface area contributed by atoms with Crippen LogP contribution in [0.2, 0.25) is 0 Å². The Balaban J connectivity index is 2.74. The average Bonchev–Trinajstić information content (AvgIpc) is 2.07. The average molecular weight is 151 g/mol. The summed E-state index contributed by atoms with van der Waals surface area (Å²) >= 11 is 0. The number of rotatable bonds is 3. The molecule has 3 heteroatoms. The zero-order valence-corrected chi connectivity index (χ0v) is 5.95. The molecule has 0 bridgehead atoms. The summed E-state index contributed by atoms with van der Waals surface area (Å²) in [4.78, 5) is 10.2. The van der Waals surface area contributed by atoms with Crippen molar-refractivity contribution in [2.75, 3.05) is 12.0 Å². The molecule has 0 heterocycles. The SMILES string of the molecule is O=Cc1ccc(NCO)cc1. The number of carbonyl (C=O) groups is 1. The molecule has 58 valence electrons. The summed E-state index contributed by atoms with van der Waals surface area (Å²) in [5.41, 5.74) is 1.44. The van der Waals surface area contributed by atoms with Crippen LogP contribution in [0.3, 0.4) is 0 Å². The summed E-state index contributed by atoms with van der Waals surface area (Å²) < 4.78 is 0. The van der Waals surface area contributed by atoms with E-state index in [9.17, 15) is 4.79 Å². The number of anilines is 1. The van der Waals surface area contributed by atoms with Gasteiger partial charge in [0.25, 0.3) is 0 Å². The van der Waals surface area contributed by atoms with Crippen molar-refractivity contribution in [1.82, 2.24) is 0 Å². The third kappa shape index (κ3) is 2.05. The third-order valence-corrected chi connectivity index (χ3v) is 1.33. The van der Waals surface area contributed by atoms with Crippen LogP contribution in [0.25, 0.3) is 0 Å². The third-order valence-electron chi connectivity index (χ3n) is 1.33. The molecule has 0 fully saturated rings. The first-order valence-corrected chi connectivity index (χ1v) is 3.27. The van der Waals surface area contributed by atoms with Gasteiger partial charge in [-0.05, 0) is 24.3 Å². The lowest BCUT2D eigenvalue weighted by Gasteiger charge is -2.00. The van der Waals surface area contributed by atoms with Crippen LogP contribution >= 0.6 is 0 Å². The van der Waals surface area contributed by atoms with E-state index in [0.717, 1.165) is 12.0 Å². The van der Waals surface area contributed by atoms with Gasteiger partial charge in [-0.2, -0.15) is 0 Å². The Hall–Kier alpha value is -1.35. The maximum absolute atomic E-state index is 10.2. The molecule has 1 aromatic carbocycles. The molecule has 0 spiro atoms. The Morgan fingerprint density at radius 3 is 2.45 bits per heavy atom. The van der Waals surface area contributed by atoms with Crippen LogP contribution in [-0.2, 0) is 0 Å². The van der Waals surface area contributed by atoms with E-state index in [0.29, 0.717) is 5.56 Å². The molecule has 0 aromatic heterocycles. The predicted molar refractivity (Wildman–Crippen MR) is 42.5 cm³/mol. The van der Waals surface area contributed by atoms with E-state index in [4.69, 9.17) is 5.11 Å². The minimum atomic E-state index is -0.0968. The van der Waals surface area contributed by atoms with Crippen molar-refractivity contribution in [3.8, 4) is 0 Å². The summed E-state index contributed by atoms with van der Waals surface area (Å²) in [6.07, 6.45) is 0.780. The minimum absolute atomic E-state index is 0.0968. The monoisotopic (exact) mass is 151 g/mol. The second kappa shape index (κ2) is 3.73. The zero-order valence-electron chi connectivity index (χ0n) is 5.95. The molecule has 3 nitrogen and oxygen atoms in total. The second-order valence-electron chi connectivity index (χ2n) is 2.07. The van der Waals surface area contributed by atoms with Gasteiger partial charge in [0.05, 0.1) is 0 Å². The van der Waals surface area contributed by atoms with Gasteiger partial charge in [-0.3, -0.25) is 4.79 Å². The fourth-order valence-electron chi connectivity index (χ4n) is 0.771. The van der Waals surface area contributed by atoms with Crippen LogP contribution in [0.15, 0.2) is 24.3 Å². The first kappa shape index (κ1) is 7.75. The van der Waals surface area contributed by atoms with Crippen molar-refractivity contribution in [2.24, 2.45) is 0 Å². The topological polar surface area (TPSA) is 49.3 Å². The molecule has 0 radical (unpaired) electrons. The van der Waals surface area contributed by atoms with Crippen molar-refractivity contribution in [3.63, 3.8) is 0 Å². The predicted octanol–water partition coefficient (Wildman–Crippen LogP) is 0.861. The highest BCUT2D eigenvalue weighted by Gasteiger charge is 1.89. The van der Waals surface area contributed by atoms with Gasteiger partial charge in [-0.25, -0.2) is 0 Å². The number of hydrogen-bond donors (Lipinski definition) is 2. The van der Waals surface area contributed by atoms with Gasteiger partial charge >= 0.3 is 0 Å². The molecular formula is C8H9NO2. The van der Waals surface area contributed by atoms with Crippen molar-refractivity contribution >= 4 is 12.0 Å². The quantitative estimate of drug-likeness (QED) is 0.497. The number of nitrogens with one attached hydrogen (secondary N) is 1. The van der Waals surface area contributed by atoms with Gasteiger partial charge < -0.3 is 10.4 Å². The Kier molecular flexibility index (Phi) is 2.63. The Labute approximate surface area is 64.7 Å². The molecule has 0 aliphatic carbocycles. The highest BCUT2D eigenvalue weighted by atomic mass is 16.3. The standard InChI is InChI=1S/C8H9NO2/c10-5-7-1-3-8(4-2-7)9-6-11/h1-5,9,11H,6H2. The number of benzene rings is 1. The normalized spacial score (nSPS) is 9.18. The molecule has 0 atom stereocenters. The number of carbonyl (C=O) groups excluding carboxylic acids is 1. The lowest BCUT2D eigenvalue weighted by Crippen LogP contribution is -1.98. The van der Waals surface area contributed by atoms with E-state index < -0.39 is 0 Å². The van der Waals surface area contributed by atoms with E-state index in [1.165, 1.54) is 0 Å². The van der Waals surface area contributed by atoms with Crippen LogP contribution in [0.4, 0.5) is 5.69 Å². The van der Waals surface area contributed by atoms with Gasteiger partial charge in [0.15, 0.2) is 0 Å². The second-order valence-corrected chi connectivity index (χ2v) is 2.07. The smallest absolute Gasteiger partial charge is 0.150 e. The highest BCUT2D eigenvalue weighted by Crippen LogP contribution is 2.06. The molecule has 0 aliphatic rings. The van der Waals surface area contributed by atoms with Gasteiger partial charge in [0, 0.05) is 11.3 Å². The zero-order chi connectivity index (χ0) is 8.10. The van der Waals surface area contributed by atoms with Gasteiger partial charge in [-0.1, -0.05) is 0 Å². The molecule has 11 heavy (non-hydrogen) atoms. The Morgan fingerprint density at radius 2 is 2.00 bits per heavy atom. The van der Waals surface area contributed by atoms with E-state index in [1.54, 1.807) is 24.3 Å². The van der Waals surface area contributed by atoms with Crippen LogP contribution in [-0.4, -0.2) is 18.1 Å². The number of aliphatic hydroxyl groups excluding tert-OH is 1. The van der Waals surface area contributed by atoms with Crippen molar-refractivity contribution in [2.45, 2.75) is 0 Å². The molecule has 2 N–H and O–H groups in total. The minimum Gasteiger partial charge on any atom is -0.377 e. The molecule has 0 amide bonds. The molecule has 1 rings (SSSR count). The van der Waals surface area contributed by atoms with Crippen LogP contribution in [0, 0.1) is 0 Å². The van der Waals surface area contributed by atoms with E-state index in [1.807, 2.05) is 0 Å². The van der Waals surface area contributed by atoms with Crippen molar-refractivity contribution in [3.05, 3.63) is 29.8 Å². The lowest BCUT2D eigenvalue weighted by atomic mass is 10.2. The first-order chi connectivity index (χ1) is 5.36. The van der Waals surface area contributed by atoms with Crippen LogP contribution in [0.5, 0.6) is 0 Å². The first-order valence-electron chi connectivity index (χ1n) is 3.27. The van der Waals surface area contributed by atoms with Gasteiger partial charge in [0.2, 0.25) is 0 Å². The molecular weight excluding hydrogens is 142 g/mol. The molecule has 0 saturated carbocycles. The molecule has 1 aromatic rings. The molecule has 0 aliphatic heterocycles. The lowest BCUT2D eigenvalue weighted by molar-refractivity contribution is 0.112. The van der Waals surface area contributed by atoms with Gasteiger partial charge in [-0.15, -0.1) is 0 Å². The fraction of sp³-hybridized carbons (Fsp3) is 0.125. The summed E-state index contributed by atoms with van der Waals surface area (Å²) in [5.74, 6) is 0. The molecule has 0 unspecified atom stereocenters. The summed E-state index contributed by atoms with van der Waals surface area (Å²) in [6, 6.07) is 6.84. The summed E-state index contributed by atoms with van der Waals surface area (Å²) in [6.45, 7) is -0.0968. The Bertz CT molecular complexity index is 230. The van der Waals surface area contributed by atoms with Crippen molar-refractivity contribution < 1.29 is 9.90 Å². The number of aldehydes is 1. The number of aliphatic hydroxyl groups is 1. The maximum Gasteiger partial charge on any atom is 0.150 e. The maximum atomic E-state index is 10.2. The summed E-state index contributed by atoms with van der Waals surface area (Å²) in [7, 11) is 0. The molecule has 0 saturated heterocycles. The largest absolute Gasteiger partial charge is 0.377 e.